The predicted octanol–water partition coefficient (Wildman–Crippen LogP) is 15.3. The third-order valence-electron chi connectivity index (χ3n) is 11.1. The maximum absolute atomic E-state index is 12.7. The van der Waals surface area contributed by atoms with E-state index in [1.807, 2.05) is 21.1 Å². The molecule has 0 aliphatic heterocycles. The fourth-order valence-electron chi connectivity index (χ4n) is 7.09. The van der Waals surface area contributed by atoms with E-state index in [0.717, 1.165) is 44.9 Å². The number of esters is 2. The number of allylic oxidation sites excluding steroid dienone is 6. The number of phosphoric acid groups is 1. The van der Waals surface area contributed by atoms with Gasteiger partial charge in [0.2, 0.25) is 0 Å². The molecule has 0 aromatic carbocycles. The van der Waals surface area contributed by atoms with Crippen LogP contribution in [0.1, 0.15) is 232 Å². The van der Waals surface area contributed by atoms with Crippen molar-refractivity contribution in [1.29, 1.82) is 0 Å². The molecule has 0 amide bonds. The van der Waals surface area contributed by atoms with E-state index in [0.29, 0.717) is 23.9 Å². The molecule has 0 spiro atoms. The molecule has 0 aliphatic carbocycles. The highest BCUT2D eigenvalue weighted by molar-refractivity contribution is 7.47. The van der Waals surface area contributed by atoms with Crippen LogP contribution >= 0.6 is 7.82 Å². The predicted molar refractivity (Wildman–Crippen MR) is 261 cm³/mol. The normalized spacial score (nSPS) is 13.7. The van der Waals surface area contributed by atoms with Crippen LogP contribution in [0.2, 0.25) is 0 Å². The first-order chi connectivity index (χ1) is 30.0. The summed E-state index contributed by atoms with van der Waals surface area (Å²) >= 11 is 0. The summed E-state index contributed by atoms with van der Waals surface area (Å²) in [7, 11) is 1.45. The first-order valence-electron chi connectivity index (χ1n) is 25.7. The minimum atomic E-state index is -4.39. The molecule has 1 N–H and O–H groups in total. The molecule has 0 radical (unpaired) electrons. The lowest BCUT2D eigenvalue weighted by molar-refractivity contribution is -0.870. The van der Waals surface area contributed by atoms with Gasteiger partial charge in [0.15, 0.2) is 6.10 Å². The van der Waals surface area contributed by atoms with Gasteiger partial charge in [-0.2, -0.15) is 0 Å². The summed E-state index contributed by atoms with van der Waals surface area (Å²) in [5, 5.41) is 0. The van der Waals surface area contributed by atoms with Gasteiger partial charge >= 0.3 is 19.8 Å². The number of nitrogens with zero attached hydrogens (tertiary/aromatic N) is 1. The molecule has 9 nitrogen and oxygen atoms in total. The van der Waals surface area contributed by atoms with E-state index in [9.17, 15) is 19.0 Å². The molecule has 2 atom stereocenters. The first kappa shape index (κ1) is 60.2. The Morgan fingerprint density at radius 1 is 0.484 bits per heavy atom. The van der Waals surface area contributed by atoms with Crippen LogP contribution < -0.4 is 0 Å². The number of hydrogen-bond donors (Lipinski definition) is 1. The average molecular weight is 897 g/mol. The fraction of sp³-hybridized carbons (Fsp3) is 0.846. The van der Waals surface area contributed by atoms with Crippen LogP contribution in [-0.4, -0.2) is 74.9 Å². The number of hydrogen-bond acceptors (Lipinski definition) is 7. The van der Waals surface area contributed by atoms with Crippen molar-refractivity contribution in [1.82, 2.24) is 0 Å². The SMILES string of the molecule is CCCCCCCCCCC/C=C/CCCCC(=O)O[C@@H](COC(=O)CCC/C=C/CC/C=C/CCCCCCCCCCCCCCCC)COP(=O)(O)OCC[N+](C)(C)C. The number of carbonyl (C=O) groups is 2. The van der Waals surface area contributed by atoms with Crippen molar-refractivity contribution in [3.05, 3.63) is 36.5 Å². The van der Waals surface area contributed by atoms with Gasteiger partial charge in [-0.05, 0) is 70.6 Å². The van der Waals surface area contributed by atoms with Crippen LogP contribution in [0, 0.1) is 0 Å². The lowest BCUT2D eigenvalue weighted by Crippen LogP contribution is -2.37. The first-order valence-corrected chi connectivity index (χ1v) is 27.2. The summed E-state index contributed by atoms with van der Waals surface area (Å²) in [5.74, 6) is -0.867. The Hall–Kier alpha value is -1.77. The van der Waals surface area contributed by atoms with Gasteiger partial charge in [-0.3, -0.25) is 18.6 Å². The van der Waals surface area contributed by atoms with Crippen molar-refractivity contribution < 1.29 is 42.1 Å². The summed E-state index contributed by atoms with van der Waals surface area (Å²) in [6.45, 7) is 4.38. The Bertz CT molecular complexity index is 1150. The zero-order valence-corrected chi connectivity index (χ0v) is 42.0. The molecule has 0 saturated carbocycles. The highest BCUT2D eigenvalue weighted by atomic mass is 31.2. The van der Waals surface area contributed by atoms with E-state index in [2.05, 4.69) is 50.3 Å². The van der Waals surface area contributed by atoms with Crippen molar-refractivity contribution in [3.63, 3.8) is 0 Å². The highest BCUT2D eigenvalue weighted by Crippen LogP contribution is 2.43. The molecule has 364 valence electrons. The lowest BCUT2D eigenvalue weighted by atomic mass is 10.0. The molecule has 0 aromatic rings. The van der Waals surface area contributed by atoms with E-state index in [1.54, 1.807) is 0 Å². The van der Waals surface area contributed by atoms with Gasteiger partial charge in [0, 0.05) is 12.8 Å². The second-order valence-electron chi connectivity index (χ2n) is 18.5. The van der Waals surface area contributed by atoms with Gasteiger partial charge < -0.3 is 18.9 Å². The molecule has 10 heteroatoms. The number of phosphoric ester groups is 1. The molecule has 1 unspecified atom stereocenters. The van der Waals surface area contributed by atoms with Crippen LogP contribution in [0.3, 0.4) is 0 Å². The number of rotatable bonds is 47. The zero-order chi connectivity index (χ0) is 45.7. The summed E-state index contributed by atoms with van der Waals surface area (Å²) in [6.07, 6.45) is 52.2. The lowest BCUT2D eigenvalue weighted by Gasteiger charge is -2.24. The molecule has 62 heavy (non-hydrogen) atoms. The third kappa shape index (κ3) is 47.7. The Morgan fingerprint density at radius 3 is 1.29 bits per heavy atom. The maximum Gasteiger partial charge on any atom is 0.472 e. The number of carbonyl (C=O) groups excluding carboxylic acids is 2. The summed E-state index contributed by atoms with van der Waals surface area (Å²) in [6, 6.07) is 0. The van der Waals surface area contributed by atoms with Crippen molar-refractivity contribution in [2.24, 2.45) is 0 Å². The standard InChI is InChI=1S/C52H98NO8P/c1-6-8-10-12-14-16-18-20-22-23-24-25-26-27-28-29-31-32-34-36-38-40-42-44-51(54)58-48-50(49-60-62(56,57)59-47-46-53(3,4)5)61-52(55)45-43-41-39-37-35-33-30-21-19-17-15-13-11-9-7-2/h29,31,35-38,50H,6-28,30,32-34,39-49H2,1-5H3/p+1/b31-29+,37-35+,38-36+/t50-/m0/s1. The Morgan fingerprint density at radius 2 is 0.855 bits per heavy atom. The van der Waals surface area contributed by atoms with Crippen LogP contribution in [0.4, 0.5) is 0 Å². The van der Waals surface area contributed by atoms with Crippen LogP contribution in [-0.2, 0) is 32.7 Å². The second-order valence-corrected chi connectivity index (χ2v) is 20.0. The van der Waals surface area contributed by atoms with Gasteiger partial charge in [-0.15, -0.1) is 0 Å². The van der Waals surface area contributed by atoms with E-state index < -0.39 is 32.5 Å². The van der Waals surface area contributed by atoms with E-state index in [-0.39, 0.29) is 26.1 Å². The molecule has 0 fully saturated rings. The van der Waals surface area contributed by atoms with Crippen molar-refractivity contribution >= 4 is 19.8 Å². The van der Waals surface area contributed by atoms with Gasteiger partial charge in [0.1, 0.15) is 19.8 Å². The Labute approximate surface area is 382 Å². The van der Waals surface area contributed by atoms with E-state index in [1.165, 1.54) is 148 Å². The monoisotopic (exact) mass is 897 g/mol. The molecular formula is C52H99NO8P+. The van der Waals surface area contributed by atoms with E-state index in [4.69, 9.17) is 18.5 Å². The fourth-order valence-corrected chi connectivity index (χ4v) is 7.83. The minimum Gasteiger partial charge on any atom is -0.462 e. The van der Waals surface area contributed by atoms with Gasteiger partial charge in [-0.25, -0.2) is 4.57 Å². The largest absolute Gasteiger partial charge is 0.472 e. The maximum atomic E-state index is 12.7. The van der Waals surface area contributed by atoms with Crippen molar-refractivity contribution in [3.8, 4) is 0 Å². The number of unbranched alkanes of at least 4 members (excludes halogenated alkanes) is 27. The van der Waals surface area contributed by atoms with Crippen molar-refractivity contribution in [2.75, 3.05) is 47.5 Å². The van der Waals surface area contributed by atoms with Crippen LogP contribution in [0.5, 0.6) is 0 Å². The van der Waals surface area contributed by atoms with E-state index >= 15 is 0 Å². The van der Waals surface area contributed by atoms with Gasteiger partial charge in [0.25, 0.3) is 0 Å². The smallest absolute Gasteiger partial charge is 0.462 e. The molecular weight excluding hydrogens is 798 g/mol. The molecule has 0 aliphatic rings. The summed E-state index contributed by atoms with van der Waals surface area (Å²) in [4.78, 5) is 35.5. The van der Waals surface area contributed by atoms with Crippen LogP contribution in [0.25, 0.3) is 0 Å². The quantitative estimate of drug-likeness (QED) is 0.0212. The summed E-state index contributed by atoms with van der Waals surface area (Å²) < 4.78 is 34.3. The van der Waals surface area contributed by atoms with Gasteiger partial charge in [0.05, 0.1) is 27.7 Å². The van der Waals surface area contributed by atoms with Gasteiger partial charge in [-0.1, -0.05) is 185 Å². The third-order valence-corrected chi connectivity index (χ3v) is 12.1. The zero-order valence-electron chi connectivity index (χ0n) is 41.1. The Kier molecular flexibility index (Phi) is 43.2. The molecule has 0 aromatic heterocycles. The van der Waals surface area contributed by atoms with Crippen LogP contribution in [0.15, 0.2) is 36.5 Å². The average Bonchev–Trinajstić information content (AvgIpc) is 3.23. The summed E-state index contributed by atoms with van der Waals surface area (Å²) in [5.41, 5.74) is 0. The van der Waals surface area contributed by atoms with Crippen molar-refractivity contribution in [2.45, 2.75) is 238 Å². The molecule has 0 bridgehead atoms. The molecule has 0 rings (SSSR count). The highest BCUT2D eigenvalue weighted by Gasteiger charge is 2.27. The number of ether oxygens (including phenoxy) is 2. The number of likely N-dealkylation sites (N-methyl/N-ethyl adjacent to an activating group) is 1. The molecule has 0 heterocycles. The topological polar surface area (TPSA) is 108 Å². The minimum absolute atomic E-state index is 0.0229. The second kappa shape index (κ2) is 44.4. The Balaban J connectivity index is 4.28. The number of quaternary nitrogens is 1. The molecule has 0 saturated heterocycles.